The summed E-state index contributed by atoms with van der Waals surface area (Å²) in [5, 5.41) is 3.27. The molecule has 2 rings (SSSR count). The largest absolute Gasteiger partial charge is 0.354 e. The molecule has 1 aliphatic heterocycles. The Morgan fingerprint density at radius 3 is 2.35 bits per heavy atom. The van der Waals surface area contributed by atoms with Crippen molar-refractivity contribution in [1.82, 2.24) is 15.0 Å². The summed E-state index contributed by atoms with van der Waals surface area (Å²) in [5.74, 6) is 2.21. The summed E-state index contributed by atoms with van der Waals surface area (Å²) in [6, 6.07) is 0. The first kappa shape index (κ1) is 14.8. The fourth-order valence-electron chi connectivity index (χ4n) is 2.28. The predicted octanol–water partition coefficient (Wildman–Crippen LogP) is 2.14. The van der Waals surface area contributed by atoms with Crippen molar-refractivity contribution in [1.29, 1.82) is 0 Å². The standard InChI is InChI=1S/C14H26N6/c1-4-9-15-12-16-13(19(2)3)18-14(17-12)20-10-7-5-6-8-11-20/h4-11H2,1-3H3,(H,15,16,17,18). The quantitative estimate of drug-likeness (QED) is 0.890. The van der Waals surface area contributed by atoms with Gasteiger partial charge in [0.1, 0.15) is 0 Å². The molecule has 2 heterocycles. The van der Waals surface area contributed by atoms with E-state index in [1.165, 1.54) is 25.7 Å². The highest BCUT2D eigenvalue weighted by Gasteiger charge is 2.15. The third kappa shape index (κ3) is 3.95. The Balaban J connectivity index is 2.22. The summed E-state index contributed by atoms with van der Waals surface area (Å²) in [6.07, 6.45) is 6.12. The van der Waals surface area contributed by atoms with E-state index in [-0.39, 0.29) is 0 Å². The van der Waals surface area contributed by atoms with Crippen LogP contribution in [0.25, 0.3) is 0 Å². The van der Waals surface area contributed by atoms with Crippen LogP contribution < -0.4 is 15.1 Å². The average molecular weight is 278 g/mol. The van der Waals surface area contributed by atoms with Gasteiger partial charge in [-0.2, -0.15) is 15.0 Å². The number of rotatable bonds is 5. The van der Waals surface area contributed by atoms with Gasteiger partial charge < -0.3 is 15.1 Å². The van der Waals surface area contributed by atoms with Crippen LogP contribution >= 0.6 is 0 Å². The van der Waals surface area contributed by atoms with Crippen LogP contribution in [-0.4, -0.2) is 48.7 Å². The molecule has 20 heavy (non-hydrogen) atoms. The molecule has 0 unspecified atom stereocenters. The van der Waals surface area contributed by atoms with Crippen molar-refractivity contribution in [2.75, 3.05) is 48.8 Å². The van der Waals surface area contributed by atoms with Crippen molar-refractivity contribution in [2.45, 2.75) is 39.0 Å². The molecule has 0 saturated carbocycles. The first-order valence-electron chi connectivity index (χ1n) is 7.63. The first-order valence-corrected chi connectivity index (χ1v) is 7.63. The molecule has 0 aromatic carbocycles. The maximum absolute atomic E-state index is 4.60. The van der Waals surface area contributed by atoms with Crippen molar-refractivity contribution in [3.63, 3.8) is 0 Å². The van der Waals surface area contributed by atoms with E-state index in [0.29, 0.717) is 5.95 Å². The number of nitrogens with one attached hydrogen (secondary N) is 1. The van der Waals surface area contributed by atoms with E-state index in [0.717, 1.165) is 38.0 Å². The topological polar surface area (TPSA) is 57.2 Å². The van der Waals surface area contributed by atoms with Crippen molar-refractivity contribution in [2.24, 2.45) is 0 Å². The van der Waals surface area contributed by atoms with Gasteiger partial charge in [0.05, 0.1) is 0 Å². The second-order valence-electron chi connectivity index (χ2n) is 5.48. The van der Waals surface area contributed by atoms with Gasteiger partial charge in [-0.25, -0.2) is 0 Å². The molecular formula is C14H26N6. The Labute approximate surface area is 121 Å². The molecule has 0 radical (unpaired) electrons. The zero-order valence-corrected chi connectivity index (χ0v) is 12.9. The summed E-state index contributed by atoms with van der Waals surface area (Å²) < 4.78 is 0. The fourth-order valence-corrected chi connectivity index (χ4v) is 2.28. The highest BCUT2D eigenvalue weighted by molar-refractivity contribution is 5.44. The van der Waals surface area contributed by atoms with Gasteiger partial charge in [0, 0.05) is 33.7 Å². The highest BCUT2D eigenvalue weighted by atomic mass is 15.3. The van der Waals surface area contributed by atoms with E-state index in [1.807, 2.05) is 19.0 Å². The van der Waals surface area contributed by atoms with Gasteiger partial charge in [-0.15, -0.1) is 0 Å². The molecule has 112 valence electrons. The molecule has 1 aromatic heterocycles. The first-order chi connectivity index (χ1) is 9.70. The Hall–Kier alpha value is -1.59. The highest BCUT2D eigenvalue weighted by Crippen LogP contribution is 2.19. The van der Waals surface area contributed by atoms with Gasteiger partial charge in [-0.1, -0.05) is 19.8 Å². The third-order valence-electron chi connectivity index (χ3n) is 3.43. The van der Waals surface area contributed by atoms with Gasteiger partial charge in [-0.3, -0.25) is 0 Å². The molecule has 0 amide bonds. The second kappa shape index (κ2) is 7.26. The zero-order valence-electron chi connectivity index (χ0n) is 12.9. The summed E-state index contributed by atoms with van der Waals surface area (Å²) >= 11 is 0. The number of aromatic nitrogens is 3. The molecule has 0 aliphatic carbocycles. The van der Waals surface area contributed by atoms with Gasteiger partial charge >= 0.3 is 0 Å². The minimum absolute atomic E-state index is 0.685. The summed E-state index contributed by atoms with van der Waals surface area (Å²) in [5.41, 5.74) is 0. The second-order valence-corrected chi connectivity index (χ2v) is 5.48. The van der Waals surface area contributed by atoms with Gasteiger partial charge in [0.15, 0.2) is 0 Å². The van der Waals surface area contributed by atoms with Crippen LogP contribution in [0.1, 0.15) is 39.0 Å². The molecule has 1 aromatic rings. The van der Waals surface area contributed by atoms with Crippen LogP contribution in [0.2, 0.25) is 0 Å². The third-order valence-corrected chi connectivity index (χ3v) is 3.43. The molecule has 1 N–H and O–H groups in total. The summed E-state index contributed by atoms with van der Waals surface area (Å²) in [7, 11) is 3.93. The minimum atomic E-state index is 0.685. The number of nitrogens with zero attached hydrogens (tertiary/aromatic N) is 5. The van der Waals surface area contributed by atoms with Crippen molar-refractivity contribution < 1.29 is 0 Å². The lowest BCUT2D eigenvalue weighted by Gasteiger charge is -2.22. The molecule has 1 saturated heterocycles. The lowest BCUT2D eigenvalue weighted by Crippen LogP contribution is -2.28. The zero-order chi connectivity index (χ0) is 14.4. The van der Waals surface area contributed by atoms with Crippen molar-refractivity contribution in [3.05, 3.63) is 0 Å². The fraction of sp³-hybridized carbons (Fsp3) is 0.786. The molecule has 0 atom stereocenters. The van der Waals surface area contributed by atoms with E-state index in [4.69, 9.17) is 0 Å². The molecule has 6 nitrogen and oxygen atoms in total. The van der Waals surface area contributed by atoms with E-state index in [2.05, 4.69) is 32.1 Å². The maximum Gasteiger partial charge on any atom is 0.231 e. The van der Waals surface area contributed by atoms with Crippen LogP contribution in [0.3, 0.4) is 0 Å². The van der Waals surface area contributed by atoms with Crippen LogP contribution in [0.5, 0.6) is 0 Å². The van der Waals surface area contributed by atoms with E-state index in [1.54, 1.807) is 0 Å². The summed E-state index contributed by atoms with van der Waals surface area (Å²) in [4.78, 5) is 17.9. The number of hydrogen-bond donors (Lipinski definition) is 1. The Bertz CT molecular complexity index is 412. The molecule has 0 bridgehead atoms. The average Bonchev–Trinajstić information content (AvgIpc) is 2.73. The van der Waals surface area contributed by atoms with Gasteiger partial charge in [0.25, 0.3) is 0 Å². The molecule has 0 spiro atoms. The smallest absolute Gasteiger partial charge is 0.231 e. The maximum atomic E-state index is 4.60. The Morgan fingerprint density at radius 1 is 1.05 bits per heavy atom. The van der Waals surface area contributed by atoms with Crippen LogP contribution in [0.15, 0.2) is 0 Å². The van der Waals surface area contributed by atoms with Crippen LogP contribution in [0, 0.1) is 0 Å². The van der Waals surface area contributed by atoms with Gasteiger partial charge in [-0.05, 0) is 19.3 Å². The number of anilines is 3. The summed E-state index contributed by atoms with van der Waals surface area (Å²) in [6.45, 7) is 5.11. The number of hydrogen-bond acceptors (Lipinski definition) is 6. The molecule has 1 fully saturated rings. The lowest BCUT2D eigenvalue weighted by molar-refractivity contribution is 0.726. The molecular weight excluding hydrogens is 252 g/mol. The lowest BCUT2D eigenvalue weighted by atomic mass is 10.2. The Morgan fingerprint density at radius 2 is 1.75 bits per heavy atom. The monoisotopic (exact) mass is 278 g/mol. The van der Waals surface area contributed by atoms with E-state index < -0.39 is 0 Å². The van der Waals surface area contributed by atoms with Crippen molar-refractivity contribution in [3.8, 4) is 0 Å². The van der Waals surface area contributed by atoms with Crippen LogP contribution in [-0.2, 0) is 0 Å². The molecule has 6 heteroatoms. The van der Waals surface area contributed by atoms with Gasteiger partial charge in [0.2, 0.25) is 17.8 Å². The van der Waals surface area contributed by atoms with E-state index in [9.17, 15) is 0 Å². The predicted molar refractivity (Wildman–Crippen MR) is 83.6 cm³/mol. The van der Waals surface area contributed by atoms with Crippen molar-refractivity contribution >= 4 is 17.8 Å². The Kier molecular flexibility index (Phi) is 5.38. The SMILES string of the molecule is CCCNc1nc(N(C)C)nc(N2CCCCCC2)n1. The van der Waals surface area contributed by atoms with E-state index >= 15 is 0 Å². The minimum Gasteiger partial charge on any atom is -0.354 e. The van der Waals surface area contributed by atoms with Crippen LogP contribution in [0.4, 0.5) is 17.8 Å². The molecule has 1 aliphatic rings. The normalized spacial score (nSPS) is 15.8.